The molecule has 1 saturated heterocycles. The van der Waals surface area contributed by atoms with E-state index < -0.39 is 23.7 Å². The molecule has 0 aromatic carbocycles. The van der Waals surface area contributed by atoms with Gasteiger partial charge in [-0.05, 0) is 46.1 Å². The number of likely N-dealkylation sites (tertiary alicyclic amines) is 1. The summed E-state index contributed by atoms with van der Waals surface area (Å²) in [5.74, 6) is -1.23. The Morgan fingerprint density at radius 1 is 1.27 bits per heavy atom. The lowest BCUT2D eigenvalue weighted by Crippen LogP contribution is -2.43. The van der Waals surface area contributed by atoms with Gasteiger partial charge in [0.2, 0.25) is 0 Å². The molecule has 144 valence electrons. The Kier molecular flexibility index (Phi) is 5.75. The Morgan fingerprint density at radius 2 is 1.85 bits per heavy atom. The summed E-state index contributed by atoms with van der Waals surface area (Å²) in [5.41, 5.74) is -0.876. The Morgan fingerprint density at radius 3 is 2.31 bits per heavy atom. The van der Waals surface area contributed by atoms with E-state index in [-0.39, 0.29) is 23.3 Å². The summed E-state index contributed by atoms with van der Waals surface area (Å²) in [5, 5.41) is 18.7. The van der Waals surface area contributed by atoms with Crippen molar-refractivity contribution in [3.05, 3.63) is 33.2 Å². The number of carboxylic acids is 1. The maximum atomic E-state index is 12.6. The third-order valence-electron chi connectivity index (χ3n) is 4.40. The Balaban J connectivity index is 2.20. The number of carbonyl (C=O) groups excluding carboxylic acids is 1. The summed E-state index contributed by atoms with van der Waals surface area (Å²) in [7, 11) is 0. The van der Waals surface area contributed by atoms with E-state index in [2.05, 4.69) is 0 Å². The van der Waals surface area contributed by atoms with Crippen LogP contribution in [0.5, 0.6) is 0 Å². The van der Waals surface area contributed by atoms with E-state index in [1.165, 1.54) is 10.8 Å². The standard InChI is InChI=1S/C18H26N2O6/c1-11-9-20(15(22)13(10-21)14(11)16(23)24)12-5-7-19(8-6-12)17(25)26-18(2,3)4/h9,12,21H,5-8,10H2,1-4H3,(H,23,24). The van der Waals surface area contributed by atoms with Gasteiger partial charge in [-0.1, -0.05) is 0 Å². The Bertz CT molecular complexity index is 754. The van der Waals surface area contributed by atoms with Gasteiger partial charge in [0.15, 0.2) is 0 Å². The molecule has 2 heterocycles. The van der Waals surface area contributed by atoms with Gasteiger partial charge in [0.25, 0.3) is 5.56 Å². The fourth-order valence-electron chi connectivity index (χ4n) is 3.20. The summed E-state index contributed by atoms with van der Waals surface area (Å²) >= 11 is 0. The number of piperidine rings is 1. The summed E-state index contributed by atoms with van der Waals surface area (Å²) in [6.07, 6.45) is 2.25. The highest BCUT2D eigenvalue weighted by Crippen LogP contribution is 2.24. The van der Waals surface area contributed by atoms with Crippen molar-refractivity contribution in [1.29, 1.82) is 0 Å². The minimum atomic E-state index is -1.23. The molecule has 0 bridgehead atoms. The molecule has 0 atom stereocenters. The van der Waals surface area contributed by atoms with Gasteiger partial charge in [-0.2, -0.15) is 0 Å². The summed E-state index contributed by atoms with van der Waals surface area (Å²) in [6.45, 7) is 7.29. The van der Waals surface area contributed by atoms with Gasteiger partial charge in [-0.15, -0.1) is 0 Å². The molecule has 1 aliphatic heterocycles. The second-order valence-electron chi connectivity index (χ2n) is 7.54. The number of amides is 1. The topological polar surface area (TPSA) is 109 Å². The number of aryl methyl sites for hydroxylation is 1. The van der Waals surface area contributed by atoms with E-state index >= 15 is 0 Å². The average molecular weight is 366 g/mol. The molecular formula is C18H26N2O6. The third-order valence-corrected chi connectivity index (χ3v) is 4.40. The first-order valence-electron chi connectivity index (χ1n) is 8.62. The van der Waals surface area contributed by atoms with Crippen LogP contribution >= 0.6 is 0 Å². The van der Waals surface area contributed by atoms with E-state index in [0.717, 1.165) is 0 Å². The number of ether oxygens (including phenoxy) is 1. The van der Waals surface area contributed by atoms with Gasteiger partial charge in [0.1, 0.15) is 5.60 Å². The zero-order valence-electron chi connectivity index (χ0n) is 15.6. The van der Waals surface area contributed by atoms with Gasteiger partial charge in [0.05, 0.1) is 17.7 Å². The molecule has 1 aliphatic rings. The van der Waals surface area contributed by atoms with Crippen molar-refractivity contribution < 1.29 is 24.5 Å². The number of hydrogen-bond donors (Lipinski definition) is 2. The predicted octanol–water partition coefficient (Wildman–Crippen LogP) is 1.92. The molecule has 0 aliphatic carbocycles. The van der Waals surface area contributed by atoms with Crippen LogP contribution in [0.4, 0.5) is 4.79 Å². The van der Waals surface area contributed by atoms with E-state index in [9.17, 15) is 24.6 Å². The average Bonchev–Trinajstić information content (AvgIpc) is 2.54. The van der Waals surface area contributed by atoms with Crippen molar-refractivity contribution in [2.24, 2.45) is 0 Å². The molecule has 0 saturated carbocycles. The zero-order chi connectivity index (χ0) is 19.6. The van der Waals surface area contributed by atoms with Crippen LogP contribution in [0.1, 0.15) is 61.1 Å². The fraction of sp³-hybridized carbons (Fsp3) is 0.611. The number of carboxylic acid groups (broad SMARTS) is 1. The highest BCUT2D eigenvalue weighted by atomic mass is 16.6. The number of aromatic nitrogens is 1. The van der Waals surface area contributed by atoms with Gasteiger partial charge < -0.3 is 24.4 Å². The van der Waals surface area contributed by atoms with E-state index in [1.807, 2.05) is 0 Å². The predicted molar refractivity (Wildman–Crippen MR) is 94.4 cm³/mol. The van der Waals surface area contributed by atoms with E-state index in [4.69, 9.17) is 4.74 Å². The molecule has 1 fully saturated rings. The van der Waals surface area contributed by atoms with E-state index in [0.29, 0.717) is 31.5 Å². The fourth-order valence-corrected chi connectivity index (χ4v) is 3.20. The van der Waals surface area contributed by atoms with Crippen LogP contribution in [-0.2, 0) is 11.3 Å². The summed E-state index contributed by atoms with van der Waals surface area (Å²) in [6, 6.07) is -0.159. The first-order valence-corrected chi connectivity index (χ1v) is 8.62. The number of carbonyl (C=O) groups is 2. The van der Waals surface area contributed by atoms with Crippen LogP contribution in [-0.4, -0.2) is 50.4 Å². The lowest BCUT2D eigenvalue weighted by atomic mass is 10.0. The lowest BCUT2D eigenvalue weighted by molar-refractivity contribution is 0.0187. The summed E-state index contributed by atoms with van der Waals surface area (Å²) in [4.78, 5) is 37.7. The molecule has 1 aromatic heterocycles. The maximum Gasteiger partial charge on any atom is 0.410 e. The van der Waals surface area contributed by atoms with Crippen molar-refractivity contribution in [3.8, 4) is 0 Å². The van der Waals surface area contributed by atoms with E-state index in [1.54, 1.807) is 32.6 Å². The number of nitrogens with zero attached hydrogens (tertiary/aromatic N) is 2. The second-order valence-corrected chi connectivity index (χ2v) is 7.54. The van der Waals surface area contributed by atoms with Crippen molar-refractivity contribution in [2.75, 3.05) is 13.1 Å². The van der Waals surface area contributed by atoms with Crippen molar-refractivity contribution >= 4 is 12.1 Å². The number of aliphatic hydroxyl groups excluding tert-OH is 1. The SMILES string of the molecule is Cc1cn(C2CCN(C(=O)OC(C)(C)C)CC2)c(=O)c(CO)c1C(=O)O. The Hall–Kier alpha value is -2.35. The van der Waals surface area contributed by atoms with Gasteiger partial charge in [-0.25, -0.2) is 9.59 Å². The molecule has 1 amide bonds. The lowest BCUT2D eigenvalue weighted by Gasteiger charge is -2.34. The Labute approximate surface area is 152 Å². The number of rotatable bonds is 3. The van der Waals surface area contributed by atoms with Crippen LogP contribution in [0.3, 0.4) is 0 Å². The number of pyridine rings is 1. The first kappa shape index (κ1) is 20.0. The van der Waals surface area contributed by atoms with Crippen molar-refractivity contribution in [3.63, 3.8) is 0 Å². The van der Waals surface area contributed by atoms with Crippen LogP contribution < -0.4 is 5.56 Å². The van der Waals surface area contributed by atoms with Crippen molar-refractivity contribution in [2.45, 2.75) is 58.8 Å². The second kappa shape index (κ2) is 7.49. The molecule has 26 heavy (non-hydrogen) atoms. The molecule has 8 heteroatoms. The normalized spacial score (nSPS) is 15.8. The van der Waals surface area contributed by atoms with Crippen LogP contribution in [0.15, 0.2) is 11.0 Å². The largest absolute Gasteiger partial charge is 0.478 e. The first-order chi connectivity index (χ1) is 12.0. The van der Waals surface area contributed by atoms with Gasteiger partial charge >= 0.3 is 12.1 Å². The number of aliphatic hydroxyl groups is 1. The monoisotopic (exact) mass is 366 g/mol. The highest BCUT2D eigenvalue weighted by molar-refractivity contribution is 5.90. The summed E-state index contributed by atoms with van der Waals surface area (Å²) < 4.78 is 6.85. The molecular weight excluding hydrogens is 340 g/mol. The molecule has 0 unspecified atom stereocenters. The molecule has 8 nitrogen and oxygen atoms in total. The molecule has 0 radical (unpaired) electrons. The smallest absolute Gasteiger partial charge is 0.410 e. The number of aromatic carboxylic acids is 1. The van der Waals surface area contributed by atoms with Crippen LogP contribution in [0.25, 0.3) is 0 Å². The van der Waals surface area contributed by atoms with Gasteiger partial charge in [0, 0.05) is 25.3 Å². The minimum absolute atomic E-state index is 0.105. The quantitative estimate of drug-likeness (QED) is 0.846. The molecule has 2 rings (SSSR count). The minimum Gasteiger partial charge on any atom is -0.478 e. The maximum absolute atomic E-state index is 12.6. The highest BCUT2D eigenvalue weighted by Gasteiger charge is 2.29. The molecule has 0 spiro atoms. The van der Waals surface area contributed by atoms with Crippen LogP contribution in [0.2, 0.25) is 0 Å². The van der Waals surface area contributed by atoms with Gasteiger partial charge in [-0.3, -0.25) is 4.79 Å². The third kappa shape index (κ3) is 4.24. The molecule has 1 aromatic rings. The van der Waals surface area contributed by atoms with Crippen molar-refractivity contribution in [1.82, 2.24) is 9.47 Å². The van der Waals surface area contributed by atoms with Crippen LogP contribution in [0, 0.1) is 6.92 Å². The number of hydrogen-bond acceptors (Lipinski definition) is 5. The zero-order valence-corrected chi connectivity index (χ0v) is 15.6. The molecule has 2 N–H and O–H groups in total.